The first-order valence-corrected chi connectivity index (χ1v) is 9.99. The Morgan fingerprint density at radius 1 is 0.931 bits per heavy atom. The van der Waals surface area contributed by atoms with Crippen LogP contribution in [0.2, 0.25) is 0 Å². The molecule has 0 spiro atoms. The summed E-state index contributed by atoms with van der Waals surface area (Å²) in [4.78, 5) is 19.4. The highest BCUT2D eigenvalue weighted by molar-refractivity contribution is 5.95. The molecule has 2 aromatic carbocycles. The van der Waals surface area contributed by atoms with E-state index < -0.39 is 0 Å². The Morgan fingerprint density at radius 3 is 2.21 bits per heavy atom. The minimum absolute atomic E-state index is 0.0516. The highest BCUT2D eigenvalue weighted by Crippen LogP contribution is 2.27. The SMILES string of the molecule is O=C(Nc1ccc(-c2ccncc2)cc1)C(c1ccccc1)N1CCC(O)CC1. The predicted octanol–water partition coefficient (Wildman–Crippen LogP) is 3.89. The fourth-order valence-corrected chi connectivity index (χ4v) is 3.81. The van der Waals surface area contributed by atoms with Gasteiger partial charge in [-0.15, -0.1) is 0 Å². The minimum atomic E-state index is -0.372. The van der Waals surface area contributed by atoms with Crippen molar-refractivity contribution in [3.05, 3.63) is 84.7 Å². The number of aromatic nitrogens is 1. The standard InChI is InChI=1S/C24H25N3O2/c28-22-12-16-27(17-13-22)23(20-4-2-1-3-5-20)24(29)26-21-8-6-18(7-9-21)19-10-14-25-15-11-19/h1-11,14-15,22-23,28H,12-13,16-17H2,(H,26,29). The molecule has 1 amide bonds. The summed E-state index contributed by atoms with van der Waals surface area (Å²) >= 11 is 0. The molecule has 148 valence electrons. The molecule has 5 nitrogen and oxygen atoms in total. The molecule has 29 heavy (non-hydrogen) atoms. The van der Waals surface area contributed by atoms with E-state index in [2.05, 4.69) is 15.2 Å². The van der Waals surface area contributed by atoms with E-state index in [0.29, 0.717) is 25.9 Å². The summed E-state index contributed by atoms with van der Waals surface area (Å²) < 4.78 is 0. The van der Waals surface area contributed by atoms with Gasteiger partial charge in [0.15, 0.2) is 0 Å². The fraction of sp³-hybridized carbons (Fsp3) is 0.250. The Labute approximate surface area is 171 Å². The first kappa shape index (κ1) is 19.3. The number of hydrogen-bond acceptors (Lipinski definition) is 4. The molecule has 2 heterocycles. The van der Waals surface area contributed by atoms with E-state index in [9.17, 15) is 9.90 Å². The normalized spacial score (nSPS) is 16.3. The van der Waals surface area contributed by atoms with Gasteiger partial charge in [-0.1, -0.05) is 42.5 Å². The van der Waals surface area contributed by atoms with Crippen LogP contribution < -0.4 is 5.32 Å². The third-order valence-corrected chi connectivity index (χ3v) is 5.39. The second kappa shape index (κ2) is 8.99. The molecule has 1 aliphatic rings. The number of piperidine rings is 1. The third-order valence-electron chi connectivity index (χ3n) is 5.39. The number of amides is 1. The van der Waals surface area contributed by atoms with Crippen molar-refractivity contribution in [1.82, 2.24) is 9.88 Å². The van der Waals surface area contributed by atoms with Crippen LogP contribution in [0.25, 0.3) is 11.1 Å². The molecule has 2 N–H and O–H groups in total. The first-order chi connectivity index (χ1) is 14.2. The number of carbonyl (C=O) groups is 1. The van der Waals surface area contributed by atoms with Gasteiger partial charge >= 0.3 is 0 Å². The van der Waals surface area contributed by atoms with Crippen molar-refractivity contribution >= 4 is 11.6 Å². The number of nitrogens with zero attached hydrogens (tertiary/aromatic N) is 2. The Kier molecular flexibility index (Phi) is 5.98. The van der Waals surface area contributed by atoms with E-state index >= 15 is 0 Å². The highest BCUT2D eigenvalue weighted by atomic mass is 16.3. The van der Waals surface area contributed by atoms with E-state index in [0.717, 1.165) is 22.4 Å². The van der Waals surface area contributed by atoms with Gasteiger partial charge in [-0.3, -0.25) is 14.7 Å². The minimum Gasteiger partial charge on any atom is -0.393 e. The zero-order valence-electron chi connectivity index (χ0n) is 16.2. The lowest BCUT2D eigenvalue weighted by Gasteiger charge is -2.35. The van der Waals surface area contributed by atoms with Crippen LogP contribution in [0.3, 0.4) is 0 Å². The quantitative estimate of drug-likeness (QED) is 0.697. The van der Waals surface area contributed by atoms with Gasteiger partial charge in [-0.2, -0.15) is 0 Å². The molecule has 1 saturated heterocycles. The summed E-state index contributed by atoms with van der Waals surface area (Å²) in [6, 6.07) is 21.2. The number of pyridine rings is 1. The largest absolute Gasteiger partial charge is 0.393 e. The van der Waals surface area contributed by atoms with Gasteiger partial charge in [0.1, 0.15) is 6.04 Å². The molecule has 1 aromatic heterocycles. The molecule has 0 aliphatic carbocycles. The summed E-state index contributed by atoms with van der Waals surface area (Å²) in [5.74, 6) is -0.0516. The van der Waals surface area contributed by atoms with E-state index in [1.165, 1.54) is 0 Å². The maximum Gasteiger partial charge on any atom is 0.246 e. The maximum absolute atomic E-state index is 13.2. The van der Waals surface area contributed by atoms with Crippen LogP contribution in [0.5, 0.6) is 0 Å². The van der Waals surface area contributed by atoms with Crippen LogP contribution >= 0.6 is 0 Å². The summed E-state index contributed by atoms with van der Waals surface area (Å²) in [6.07, 6.45) is 4.65. The van der Waals surface area contributed by atoms with Crippen molar-refractivity contribution in [3.63, 3.8) is 0 Å². The number of hydrogen-bond donors (Lipinski definition) is 2. The smallest absolute Gasteiger partial charge is 0.246 e. The average molecular weight is 387 g/mol. The molecule has 3 aromatic rings. The van der Waals surface area contributed by atoms with Crippen molar-refractivity contribution in [3.8, 4) is 11.1 Å². The molecule has 5 heteroatoms. The summed E-state index contributed by atoms with van der Waals surface area (Å²) in [5.41, 5.74) is 3.91. The zero-order valence-corrected chi connectivity index (χ0v) is 16.2. The van der Waals surface area contributed by atoms with Crippen molar-refractivity contribution in [1.29, 1.82) is 0 Å². The number of nitrogens with one attached hydrogen (secondary N) is 1. The van der Waals surface area contributed by atoms with Gasteiger partial charge in [-0.05, 0) is 53.8 Å². The molecule has 1 fully saturated rings. The summed E-state index contributed by atoms with van der Waals surface area (Å²) in [7, 11) is 0. The van der Waals surface area contributed by atoms with Crippen molar-refractivity contribution < 1.29 is 9.90 Å². The molecule has 0 radical (unpaired) electrons. The van der Waals surface area contributed by atoms with E-state index in [-0.39, 0.29) is 18.1 Å². The number of aliphatic hydroxyl groups excluding tert-OH is 1. The van der Waals surface area contributed by atoms with Crippen LogP contribution in [-0.2, 0) is 4.79 Å². The Morgan fingerprint density at radius 2 is 1.55 bits per heavy atom. The number of benzene rings is 2. The number of likely N-dealkylation sites (tertiary alicyclic amines) is 1. The Bertz CT molecular complexity index is 921. The van der Waals surface area contributed by atoms with Crippen LogP contribution in [0, 0.1) is 0 Å². The van der Waals surface area contributed by atoms with Crippen molar-refractivity contribution in [2.24, 2.45) is 0 Å². The van der Waals surface area contributed by atoms with Gasteiger partial charge in [0.25, 0.3) is 0 Å². The maximum atomic E-state index is 13.2. The topological polar surface area (TPSA) is 65.5 Å². The lowest BCUT2D eigenvalue weighted by molar-refractivity contribution is -0.122. The molecular formula is C24H25N3O2. The van der Waals surface area contributed by atoms with Crippen LogP contribution in [0.15, 0.2) is 79.1 Å². The van der Waals surface area contributed by atoms with Crippen LogP contribution in [-0.4, -0.2) is 40.1 Å². The van der Waals surface area contributed by atoms with Gasteiger partial charge in [0, 0.05) is 31.2 Å². The van der Waals surface area contributed by atoms with E-state index in [1.54, 1.807) is 12.4 Å². The lowest BCUT2D eigenvalue weighted by atomic mass is 9.99. The number of rotatable bonds is 5. The fourth-order valence-electron chi connectivity index (χ4n) is 3.81. The lowest BCUT2D eigenvalue weighted by Crippen LogP contribution is -2.43. The molecule has 1 atom stereocenters. The van der Waals surface area contributed by atoms with E-state index in [4.69, 9.17) is 0 Å². The molecule has 1 aliphatic heterocycles. The number of anilines is 1. The first-order valence-electron chi connectivity index (χ1n) is 9.99. The van der Waals surface area contributed by atoms with Crippen LogP contribution in [0.1, 0.15) is 24.4 Å². The van der Waals surface area contributed by atoms with Crippen molar-refractivity contribution in [2.75, 3.05) is 18.4 Å². The second-order valence-corrected chi connectivity index (χ2v) is 7.38. The van der Waals surface area contributed by atoms with Gasteiger partial charge < -0.3 is 10.4 Å². The van der Waals surface area contributed by atoms with Gasteiger partial charge in [0.05, 0.1) is 6.10 Å². The Hall–Kier alpha value is -3.02. The number of carbonyl (C=O) groups excluding carboxylic acids is 1. The van der Waals surface area contributed by atoms with Crippen molar-refractivity contribution in [2.45, 2.75) is 25.0 Å². The molecule has 4 rings (SSSR count). The molecule has 0 saturated carbocycles. The Balaban J connectivity index is 1.52. The van der Waals surface area contributed by atoms with E-state index in [1.807, 2.05) is 66.7 Å². The predicted molar refractivity (Wildman–Crippen MR) is 114 cm³/mol. The molecular weight excluding hydrogens is 362 g/mol. The third kappa shape index (κ3) is 4.70. The average Bonchev–Trinajstić information content (AvgIpc) is 2.77. The summed E-state index contributed by atoms with van der Waals surface area (Å²) in [5, 5.41) is 12.9. The van der Waals surface area contributed by atoms with Gasteiger partial charge in [0.2, 0.25) is 5.91 Å². The molecule has 1 unspecified atom stereocenters. The van der Waals surface area contributed by atoms with Gasteiger partial charge in [-0.25, -0.2) is 0 Å². The highest BCUT2D eigenvalue weighted by Gasteiger charge is 2.30. The number of aliphatic hydroxyl groups is 1. The zero-order chi connectivity index (χ0) is 20.1. The molecule has 0 bridgehead atoms. The monoisotopic (exact) mass is 387 g/mol. The van der Waals surface area contributed by atoms with Crippen LogP contribution in [0.4, 0.5) is 5.69 Å². The second-order valence-electron chi connectivity index (χ2n) is 7.38. The summed E-state index contributed by atoms with van der Waals surface area (Å²) in [6.45, 7) is 1.41.